The first-order valence-corrected chi connectivity index (χ1v) is 8.71. The molecule has 0 unspecified atom stereocenters. The molecule has 8 heteroatoms. The van der Waals surface area contributed by atoms with Crippen LogP contribution in [0.5, 0.6) is 11.5 Å². The number of fused-ring (bicyclic) bond motifs is 1. The van der Waals surface area contributed by atoms with E-state index in [0.717, 1.165) is 5.56 Å². The molecule has 0 aliphatic heterocycles. The molecule has 0 radical (unpaired) electrons. The number of hydrogen-bond donors (Lipinski definition) is 1. The van der Waals surface area contributed by atoms with Crippen LogP contribution in [0.15, 0.2) is 48.5 Å². The van der Waals surface area contributed by atoms with E-state index in [2.05, 4.69) is 10.3 Å². The summed E-state index contributed by atoms with van der Waals surface area (Å²) < 4.78 is 28.5. The van der Waals surface area contributed by atoms with Gasteiger partial charge in [-0.3, -0.25) is 4.79 Å². The van der Waals surface area contributed by atoms with Crippen LogP contribution in [0.2, 0.25) is 0 Å². The van der Waals surface area contributed by atoms with Crippen LogP contribution in [-0.2, 0) is 16.1 Å². The summed E-state index contributed by atoms with van der Waals surface area (Å²) in [4.78, 5) is 28.3. The largest absolute Gasteiger partial charge is 0.497 e. The van der Waals surface area contributed by atoms with E-state index < -0.39 is 5.97 Å². The summed E-state index contributed by atoms with van der Waals surface area (Å²) in [5, 5.41) is 3.28. The van der Waals surface area contributed by atoms with Crippen LogP contribution in [0.3, 0.4) is 0 Å². The van der Waals surface area contributed by atoms with Crippen molar-refractivity contribution in [2.24, 2.45) is 0 Å². The quantitative estimate of drug-likeness (QED) is 0.616. The Kier molecular flexibility index (Phi) is 6.23. The minimum Gasteiger partial charge on any atom is -0.497 e. The Balaban J connectivity index is 1.75. The van der Waals surface area contributed by atoms with Gasteiger partial charge in [0.05, 0.1) is 19.7 Å². The first-order valence-electron chi connectivity index (χ1n) is 8.71. The Morgan fingerprint density at radius 3 is 2.52 bits per heavy atom. The number of esters is 1. The molecule has 3 aromatic rings. The van der Waals surface area contributed by atoms with E-state index in [-0.39, 0.29) is 30.6 Å². The summed E-state index contributed by atoms with van der Waals surface area (Å²) in [6.45, 7) is -0.0427. The Morgan fingerprint density at radius 2 is 1.83 bits per heavy atom. The lowest BCUT2D eigenvalue weighted by Gasteiger charge is -2.12. The van der Waals surface area contributed by atoms with Gasteiger partial charge in [0.2, 0.25) is 0 Å². The SMILES string of the molecule is COC(=O)c1cc(OCC(=O)NCc2ccc(F)cc2)c2cc(OC)ccc2n1. The fraction of sp³-hybridized carbons (Fsp3) is 0.190. The van der Waals surface area contributed by atoms with Gasteiger partial charge in [-0.05, 0) is 35.9 Å². The number of halogens is 1. The predicted molar refractivity (Wildman–Crippen MR) is 103 cm³/mol. The summed E-state index contributed by atoms with van der Waals surface area (Å²) >= 11 is 0. The van der Waals surface area contributed by atoms with Gasteiger partial charge < -0.3 is 19.5 Å². The maximum atomic E-state index is 12.9. The average molecular weight is 398 g/mol. The molecule has 0 aliphatic carbocycles. The van der Waals surface area contributed by atoms with E-state index in [9.17, 15) is 14.0 Å². The molecule has 0 fully saturated rings. The Morgan fingerprint density at radius 1 is 1.07 bits per heavy atom. The summed E-state index contributed by atoms with van der Waals surface area (Å²) in [5.41, 5.74) is 1.31. The molecule has 0 bridgehead atoms. The molecule has 0 atom stereocenters. The van der Waals surface area contributed by atoms with Gasteiger partial charge >= 0.3 is 5.97 Å². The molecule has 3 rings (SSSR count). The van der Waals surface area contributed by atoms with E-state index in [4.69, 9.17) is 14.2 Å². The number of ether oxygens (including phenoxy) is 3. The number of pyridine rings is 1. The van der Waals surface area contributed by atoms with Gasteiger partial charge in [0, 0.05) is 18.0 Å². The van der Waals surface area contributed by atoms with Gasteiger partial charge in [0.25, 0.3) is 5.91 Å². The topological polar surface area (TPSA) is 86.8 Å². The molecule has 1 heterocycles. The highest BCUT2D eigenvalue weighted by molar-refractivity contribution is 5.94. The molecule has 150 valence electrons. The van der Waals surface area contributed by atoms with Crippen molar-refractivity contribution in [3.05, 3.63) is 65.6 Å². The molecule has 1 N–H and O–H groups in total. The Bertz CT molecular complexity index is 1040. The average Bonchev–Trinajstić information content (AvgIpc) is 2.75. The number of aromatic nitrogens is 1. The monoisotopic (exact) mass is 398 g/mol. The molecule has 7 nitrogen and oxygen atoms in total. The molecule has 0 aliphatic rings. The highest BCUT2D eigenvalue weighted by Crippen LogP contribution is 2.29. The highest BCUT2D eigenvalue weighted by Gasteiger charge is 2.15. The molecule has 1 amide bonds. The summed E-state index contributed by atoms with van der Waals surface area (Å²) in [6.07, 6.45) is 0. The number of nitrogens with zero attached hydrogens (tertiary/aromatic N) is 1. The molecular weight excluding hydrogens is 379 g/mol. The van der Waals surface area contributed by atoms with Crippen LogP contribution in [0.25, 0.3) is 10.9 Å². The zero-order valence-electron chi connectivity index (χ0n) is 15.9. The number of benzene rings is 2. The lowest BCUT2D eigenvalue weighted by Crippen LogP contribution is -2.28. The van der Waals surface area contributed by atoms with E-state index in [1.54, 1.807) is 30.3 Å². The smallest absolute Gasteiger partial charge is 0.356 e. The van der Waals surface area contributed by atoms with Gasteiger partial charge in [0.1, 0.15) is 17.3 Å². The van der Waals surface area contributed by atoms with Crippen LogP contribution in [-0.4, -0.2) is 37.7 Å². The van der Waals surface area contributed by atoms with Gasteiger partial charge in [-0.2, -0.15) is 0 Å². The molecule has 29 heavy (non-hydrogen) atoms. The molecule has 2 aromatic carbocycles. The van der Waals surface area contributed by atoms with Crippen LogP contribution < -0.4 is 14.8 Å². The maximum absolute atomic E-state index is 12.9. The van der Waals surface area contributed by atoms with Gasteiger partial charge in [-0.15, -0.1) is 0 Å². The van der Waals surface area contributed by atoms with E-state index in [1.807, 2.05) is 0 Å². The first kappa shape index (κ1) is 20.1. The van der Waals surface area contributed by atoms with Crippen LogP contribution in [0.1, 0.15) is 16.1 Å². The lowest BCUT2D eigenvalue weighted by molar-refractivity contribution is -0.123. The second-order valence-corrected chi connectivity index (χ2v) is 6.07. The van der Waals surface area contributed by atoms with Crippen molar-refractivity contribution >= 4 is 22.8 Å². The second kappa shape index (κ2) is 9.01. The normalized spacial score (nSPS) is 10.4. The van der Waals surface area contributed by atoms with E-state index in [0.29, 0.717) is 22.4 Å². The Hall–Kier alpha value is -3.68. The van der Waals surface area contributed by atoms with Gasteiger partial charge in [-0.25, -0.2) is 14.2 Å². The van der Waals surface area contributed by atoms with Crippen LogP contribution >= 0.6 is 0 Å². The van der Waals surface area contributed by atoms with Crippen molar-refractivity contribution in [3.8, 4) is 11.5 Å². The van der Waals surface area contributed by atoms with Gasteiger partial charge in [-0.1, -0.05) is 12.1 Å². The number of methoxy groups -OCH3 is 2. The summed E-state index contributed by atoms with van der Waals surface area (Å²) in [7, 11) is 2.78. The van der Waals surface area contributed by atoms with Crippen molar-refractivity contribution in [3.63, 3.8) is 0 Å². The van der Waals surface area contributed by atoms with Crippen molar-refractivity contribution in [2.45, 2.75) is 6.54 Å². The first-order chi connectivity index (χ1) is 14.0. The van der Waals surface area contributed by atoms with Gasteiger partial charge in [0.15, 0.2) is 12.3 Å². The van der Waals surface area contributed by atoms with Crippen molar-refractivity contribution < 1.29 is 28.2 Å². The third kappa shape index (κ3) is 4.98. The van der Waals surface area contributed by atoms with Crippen molar-refractivity contribution in [1.29, 1.82) is 0 Å². The highest BCUT2D eigenvalue weighted by atomic mass is 19.1. The zero-order valence-corrected chi connectivity index (χ0v) is 15.9. The number of amides is 1. The molecule has 0 saturated heterocycles. The Labute approximate surface area is 166 Å². The third-order valence-electron chi connectivity index (χ3n) is 4.13. The zero-order chi connectivity index (χ0) is 20.8. The van der Waals surface area contributed by atoms with Crippen molar-refractivity contribution in [2.75, 3.05) is 20.8 Å². The molecule has 0 spiro atoms. The minimum atomic E-state index is -0.617. The number of carbonyl (C=O) groups excluding carboxylic acids is 2. The van der Waals surface area contributed by atoms with Crippen molar-refractivity contribution in [1.82, 2.24) is 10.3 Å². The number of carbonyl (C=O) groups is 2. The summed E-state index contributed by atoms with van der Waals surface area (Å²) in [6, 6.07) is 12.3. The van der Waals surface area contributed by atoms with E-state index in [1.165, 1.54) is 32.4 Å². The fourth-order valence-corrected chi connectivity index (χ4v) is 2.63. The lowest BCUT2D eigenvalue weighted by atomic mass is 10.1. The third-order valence-corrected chi connectivity index (χ3v) is 4.13. The number of nitrogens with one attached hydrogen (secondary N) is 1. The molecule has 1 aromatic heterocycles. The number of hydrogen-bond acceptors (Lipinski definition) is 6. The predicted octanol–water partition coefficient (Wildman–Crippen LogP) is 2.86. The molecule has 0 saturated carbocycles. The standard InChI is InChI=1S/C21H19FN2O5/c1-27-15-7-8-17-16(9-15)19(10-18(24-17)21(26)28-2)29-12-20(25)23-11-13-3-5-14(22)6-4-13/h3-10H,11-12H2,1-2H3,(H,23,25). The van der Waals surface area contributed by atoms with E-state index >= 15 is 0 Å². The number of rotatable bonds is 7. The van der Waals surface area contributed by atoms with Crippen LogP contribution in [0.4, 0.5) is 4.39 Å². The summed E-state index contributed by atoms with van der Waals surface area (Å²) in [5.74, 6) is -0.457. The minimum absolute atomic E-state index is 0.0619. The maximum Gasteiger partial charge on any atom is 0.356 e. The second-order valence-electron chi connectivity index (χ2n) is 6.07. The fourth-order valence-electron chi connectivity index (χ4n) is 2.63. The molecular formula is C21H19FN2O5. The van der Waals surface area contributed by atoms with Crippen LogP contribution in [0, 0.1) is 5.82 Å².